The van der Waals surface area contributed by atoms with Crippen LogP contribution in [0.1, 0.15) is 36.0 Å². The molecule has 0 aromatic heterocycles. The van der Waals surface area contributed by atoms with Crippen LogP contribution in [0.5, 0.6) is 0 Å². The van der Waals surface area contributed by atoms with Crippen LogP contribution in [0.15, 0.2) is 18.2 Å². The highest BCUT2D eigenvalue weighted by Gasteiger charge is 2.27. The molecule has 14 bridgehead atoms. The Kier molecular flexibility index (Phi) is 34.9. The second-order valence-corrected chi connectivity index (χ2v) is 25.3. The van der Waals surface area contributed by atoms with Crippen LogP contribution in [0, 0.1) is 0 Å². The van der Waals surface area contributed by atoms with Crippen molar-refractivity contribution < 1.29 is 13.7 Å². The highest BCUT2D eigenvalue weighted by molar-refractivity contribution is 5.51. The summed E-state index contributed by atoms with van der Waals surface area (Å²) in [4.78, 5) is 20.7. The normalized spacial score (nSPS) is 28.0. The van der Waals surface area contributed by atoms with Crippen molar-refractivity contribution >= 4 is 19.0 Å². The lowest BCUT2D eigenvalue weighted by Gasteiger charge is -2.25. The first-order chi connectivity index (χ1) is 42.6. The molecule has 86 heavy (non-hydrogen) atoms. The number of hydrogen-bond donors (Lipinski definition) is 12. The Hall–Kier alpha value is -3.05. The maximum Gasteiger partial charge on any atom is 0.234 e. The van der Waals surface area contributed by atoms with E-state index in [1.165, 1.54) is 114 Å². The molecule has 12 N–H and O–H groups in total. The molecule has 23 heteroatoms. The van der Waals surface area contributed by atoms with Gasteiger partial charge in [-0.3, -0.25) is 52.9 Å². The van der Waals surface area contributed by atoms with Crippen molar-refractivity contribution in [2.75, 3.05) is 314 Å². The van der Waals surface area contributed by atoms with Gasteiger partial charge in [0.25, 0.3) is 0 Å². The molecule has 0 unspecified atom stereocenters. The summed E-state index contributed by atoms with van der Waals surface area (Å²) in [5.74, 6) is 0. The Bertz CT molecular complexity index is 1750. The first-order valence-corrected chi connectivity index (χ1v) is 34.9. The minimum absolute atomic E-state index is 0.947. The third kappa shape index (κ3) is 29.7. The Balaban J connectivity index is 0.000000168. The fraction of sp³-hybridized carbons (Fsp3) is 0.857. The summed E-state index contributed by atoms with van der Waals surface area (Å²) in [6.45, 7) is 56.3. The van der Waals surface area contributed by atoms with Crippen molar-refractivity contribution in [1.82, 2.24) is 103 Å². The zero-order valence-electron chi connectivity index (χ0n) is 54.1. The van der Waals surface area contributed by atoms with Gasteiger partial charge in [0, 0.05) is 216 Å². The van der Waals surface area contributed by atoms with E-state index in [9.17, 15) is 0 Å². The SMILES string of the molecule is C1=[N+]2CCN1CCN1CCN3C=[N+](CC3)CCN(CC2)CC[N+]2=CN(CC1)CC2.C1CNCCN2CCNCCNCCN(CCN1)CCNCCNCC2.c1c2cc3cc1CNCCCNCCN(CCNCCCNC2)CCNCCCNC3. The summed E-state index contributed by atoms with van der Waals surface area (Å²) < 4.78 is 7.63. The molecule has 1 aromatic rings. The predicted octanol–water partition coefficient (Wildman–Crippen LogP) is -4.93. The molecule has 23 nitrogen and oxygen atoms in total. The molecule has 3 saturated heterocycles. The van der Waals surface area contributed by atoms with E-state index in [2.05, 4.69) is 154 Å². The number of benzene rings is 1. The van der Waals surface area contributed by atoms with Gasteiger partial charge in [0.05, 0.1) is 39.3 Å². The molecule has 3 fully saturated rings. The Labute approximate surface area is 521 Å². The van der Waals surface area contributed by atoms with Gasteiger partial charge in [0.15, 0.2) is 0 Å². The summed E-state index contributed by atoms with van der Waals surface area (Å²) in [7, 11) is 0. The minimum Gasteiger partial charge on any atom is -0.315 e. The largest absolute Gasteiger partial charge is 0.315 e. The average Bonchev–Trinajstić information content (AvgIpc) is 4.38. The van der Waals surface area contributed by atoms with Gasteiger partial charge in [0.2, 0.25) is 19.0 Å². The van der Waals surface area contributed by atoms with E-state index >= 15 is 0 Å². The van der Waals surface area contributed by atoms with Gasteiger partial charge in [0.1, 0.15) is 39.3 Å². The molecule has 490 valence electrons. The van der Waals surface area contributed by atoms with Crippen LogP contribution >= 0.6 is 0 Å². The topological polar surface area (TPSA) is 179 Å². The molecule has 0 atom stereocenters. The molecule has 12 heterocycles. The van der Waals surface area contributed by atoms with Crippen LogP contribution in [-0.4, -0.2) is 386 Å². The average molecular weight is 1210 g/mol. The molecule has 0 amide bonds. The quantitative estimate of drug-likeness (QED) is 0.111. The fourth-order valence-corrected chi connectivity index (χ4v) is 12.8. The van der Waals surface area contributed by atoms with Crippen molar-refractivity contribution in [1.29, 1.82) is 0 Å². The van der Waals surface area contributed by atoms with Crippen LogP contribution in [0.2, 0.25) is 0 Å². The van der Waals surface area contributed by atoms with Crippen molar-refractivity contribution in [3.05, 3.63) is 34.9 Å². The van der Waals surface area contributed by atoms with Crippen LogP contribution < -0.4 is 63.8 Å². The third-order valence-corrected chi connectivity index (χ3v) is 18.3. The van der Waals surface area contributed by atoms with E-state index in [0.29, 0.717) is 0 Å². The van der Waals surface area contributed by atoms with Crippen molar-refractivity contribution in [3.8, 4) is 0 Å². The maximum absolute atomic E-state index is 3.64. The van der Waals surface area contributed by atoms with Crippen LogP contribution in [-0.2, 0) is 19.6 Å². The first kappa shape index (κ1) is 68.9. The molecule has 0 radical (unpaired) electrons. The Morgan fingerprint density at radius 1 is 0.209 bits per heavy atom. The summed E-state index contributed by atoms with van der Waals surface area (Å²) in [5, 5.41) is 43.3. The lowest BCUT2D eigenvalue weighted by molar-refractivity contribution is -0.525. The second kappa shape index (κ2) is 43.6. The third-order valence-electron chi connectivity index (χ3n) is 18.3. The maximum atomic E-state index is 3.64. The number of rotatable bonds is 0. The van der Waals surface area contributed by atoms with Gasteiger partial charge in [-0.2, -0.15) is 0 Å². The van der Waals surface area contributed by atoms with E-state index < -0.39 is 0 Å². The summed E-state index contributed by atoms with van der Waals surface area (Å²) in [5.41, 5.74) is 4.19. The van der Waals surface area contributed by atoms with Gasteiger partial charge < -0.3 is 63.8 Å². The smallest absolute Gasteiger partial charge is 0.234 e. The van der Waals surface area contributed by atoms with E-state index in [-0.39, 0.29) is 0 Å². The molecule has 1 aromatic carbocycles. The van der Waals surface area contributed by atoms with Gasteiger partial charge in [-0.15, -0.1) is 0 Å². The van der Waals surface area contributed by atoms with Crippen LogP contribution in [0.3, 0.4) is 0 Å². The van der Waals surface area contributed by atoms with Gasteiger partial charge >= 0.3 is 0 Å². The van der Waals surface area contributed by atoms with E-state index in [1.54, 1.807) is 0 Å². The van der Waals surface area contributed by atoms with Gasteiger partial charge in [-0.25, -0.2) is 0 Å². The first-order valence-electron chi connectivity index (χ1n) is 34.9. The standard InChI is InChI=1S/C24H45N7.C21H39N8.C18H42N8/c1-4-25-10-13-31-14-11-26-5-2-8-29-20-23-16-22(19-28-7-1)17-24(18-23)21-30-9-3-6-27-12-15-31;1-7-24-13-14-27(19-24)10-4-23-5-11-28-17-15-25(20-28)8-2-22(1)3-9-26-16-18-29(21-26)12-6-23;1-2-20-8-14-26-17-11-23-5-3-21-9-15-25(13-7-19-1)16-10-22-4-6-24-12-18-26/h16-18,25-30H,1-15,19-21H2;19-21H,1-18H2;19-24H,1-18H2/q;+3;. The lowest BCUT2D eigenvalue weighted by Crippen LogP contribution is -2.45. The zero-order valence-corrected chi connectivity index (χ0v) is 54.1. The van der Waals surface area contributed by atoms with Crippen molar-refractivity contribution in [2.24, 2.45) is 0 Å². The molecular formula is C63H126N23+3. The van der Waals surface area contributed by atoms with Gasteiger partial charge in [-0.1, -0.05) is 18.2 Å². The Morgan fingerprint density at radius 2 is 0.430 bits per heavy atom. The van der Waals surface area contributed by atoms with Gasteiger partial charge in [-0.05, 0) is 75.2 Å². The molecule has 12 aliphatic heterocycles. The number of nitrogens with zero attached hydrogens (tertiary/aromatic N) is 11. The molecule has 0 saturated carbocycles. The molecule has 12 aliphatic rings. The Morgan fingerprint density at radius 3 is 0.709 bits per heavy atom. The molecule has 13 rings (SSSR count). The molecular weight excluding hydrogens is 1080 g/mol. The highest BCUT2D eigenvalue weighted by Crippen LogP contribution is 2.12. The summed E-state index contributed by atoms with van der Waals surface area (Å²) in [6, 6.07) is 7.09. The monoisotopic (exact) mass is 1210 g/mol. The van der Waals surface area contributed by atoms with Crippen LogP contribution in [0.25, 0.3) is 0 Å². The zero-order chi connectivity index (χ0) is 59.0. The predicted molar refractivity (Wildman–Crippen MR) is 356 cm³/mol. The fourth-order valence-electron chi connectivity index (χ4n) is 12.8. The molecule has 0 aliphatic carbocycles. The van der Waals surface area contributed by atoms with Crippen molar-refractivity contribution in [2.45, 2.75) is 38.9 Å². The van der Waals surface area contributed by atoms with E-state index in [0.717, 1.165) is 255 Å². The summed E-state index contributed by atoms with van der Waals surface area (Å²) >= 11 is 0. The lowest BCUT2D eigenvalue weighted by atomic mass is 10.0. The van der Waals surface area contributed by atoms with Crippen LogP contribution in [0.4, 0.5) is 0 Å². The number of fused-ring (bicyclic) bond motifs is 48. The van der Waals surface area contributed by atoms with E-state index in [1.807, 2.05) is 0 Å². The number of hydrogen-bond acceptors (Lipinski definition) is 20. The summed E-state index contributed by atoms with van der Waals surface area (Å²) in [6.07, 6.45) is 10.7. The second-order valence-electron chi connectivity index (χ2n) is 25.3. The minimum atomic E-state index is 0.947. The highest BCUT2D eigenvalue weighted by atomic mass is 15.3. The number of nitrogens with one attached hydrogen (secondary N) is 12. The van der Waals surface area contributed by atoms with Crippen molar-refractivity contribution in [3.63, 3.8) is 0 Å². The molecule has 0 spiro atoms. The van der Waals surface area contributed by atoms with E-state index in [4.69, 9.17) is 0 Å².